The first-order chi connectivity index (χ1) is 9.95. The number of ether oxygens (including phenoxy) is 1. The molecule has 114 valence electrons. The van der Waals surface area contributed by atoms with E-state index in [9.17, 15) is 4.79 Å². The third-order valence-corrected chi connectivity index (χ3v) is 5.07. The summed E-state index contributed by atoms with van der Waals surface area (Å²) in [5.74, 6) is -0.242. The minimum absolute atomic E-state index is 0.203. The van der Waals surface area contributed by atoms with Gasteiger partial charge in [-0.05, 0) is 39.1 Å². The molecule has 0 aliphatic carbocycles. The Bertz CT molecular complexity index is 591. The SMILES string of the molecule is CCOC(=O)C(C)(C)c1csc(NC(C)c2cccs2)n1. The number of esters is 1. The Hall–Kier alpha value is -1.40. The van der Waals surface area contributed by atoms with Crippen LogP contribution in [0.15, 0.2) is 22.9 Å². The number of carbonyl (C=O) groups is 1. The van der Waals surface area contributed by atoms with Gasteiger partial charge in [0.2, 0.25) is 0 Å². The van der Waals surface area contributed by atoms with Crippen LogP contribution in [0.3, 0.4) is 0 Å². The summed E-state index contributed by atoms with van der Waals surface area (Å²) < 4.78 is 5.12. The van der Waals surface area contributed by atoms with Crippen molar-refractivity contribution >= 4 is 33.8 Å². The van der Waals surface area contributed by atoms with Crippen LogP contribution in [-0.4, -0.2) is 17.6 Å². The summed E-state index contributed by atoms with van der Waals surface area (Å²) in [6, 6.07) is 4.34. The highest BCUT2D eigenvalue weighted by molar-refractivity contribution is 7.13. The Kier molecular flexibility index (Phi) is 5.00. The van der Waals surface area contributed by atoms with E-state index >= 15 is 0 Å². The molecule has 0 bridgehead atoms. The van der Waals surface area contributed by atoms with Crippen LogP contribution in [0.25, 0.3) is 0 Å². The summed E-state index contributed by atoms with van der Waals surface area (Å²) in [4.78, 5) is 17.8. The minimum Gasteiger partial charge on any atom is -0.465 e. The summed E-state index contributed by atoms with van der Waals surface area (Å²) >= 11 is 3.23. The van der Waals surface area contributed by atoms with Crippen LogP contribution in [0.4, 0.5) is 5.13 Å². The second kappa shape index (κ2) is 6.58. The van der Waals surface area contributed by atoms with Gasteiger partial charge in [-0.3, -0.25) is 4.79 Å². The lowest BCUT2D eigenvalue weighted by Crippen LogP contribution is -2.31. The summed E-state index contributed by atoms with van der Waals surface area (Å²) in [6.07, 6.45) is 0. The van der Waals surface area contributed by atoms with Crippen molar-refractivity contribution in [2.24, 2.45) is 0 Å². The van der Waals surface area contributed by atoms with Crippen LogP contribution >= 0.6 is 22.7 Å². The fraction of sp³-hybridized carbons (Fsp3) is 0.467. The molecule has 1 N–H and O–H groups in total. The Morgan fingerprint density at radius 2 is 2.24 bits per heavy atom. The number of thiazole rings is 1. The Morgan fingerprint density at radius 1 is 1.48 bits per heavy atom. The molecular formula is C15H20N2O2S2. The van der Waals surface area contributed by atoms with Gasteiger partial charge in [0.25, 0.3) is 0 Å². The van der Waals surface area contributed by atoms with Gasteiger partial charge in [0.15, 0.2) is 5.13 Å². The van der Waals surface area contributed by atoms with Crippen molar-refractivity contribution in [1.82, 2.24) is 4.98 Å². The molecule has 0 spiro atoms. The predicted molar refractivity (Wildman–Crippen MR) is 88.1 cm³/mol. The number of thiophene rings is 1. The molecule has 2 rings (SSSR count). The first kappa shape index (κ1) is 16.0. The van der Waals surface area contributed by atoms with Gasteiger partial charge >= 0.3 is 5.97 Å². The maximum absolute atomic E-state index is 12.0. The molecule has 0 radical (unpaired) electrons. The maximum Gasteiger partial charge on any atom is 0.317 e. The lowest BCUT2D eigenvalue weighted by molar-refractivity contribution is -0.148. The predicted octanol–water partition coefficient (Wildman–Crippen LogP) is 4.22. The van der Waals surface area contributed by atoms with E-state index in [1.165, 1.54) is 16.2 Å². The van der Waals surface area contributed by atoms with Crippen LogP contribution in [-0.2, 0) is 14.9 Å². The van der Waals surface area contributed by atoms with Crippen molar-refractivity contribution in [3.05, 3.63) is 33.5 Å². The molecule has 0 aromatic carbocycles. The largest absolute Gasteiger partial charge is 0.465 e. The van der Waals surface area contributed by atoms with Crippen molar-refractivity contribution in [2.75, 3.05) is 11.9 Å². The van der Waals surface area contributed by atoms with E-state index in [-0.39, 0.29) is 12.0 Å². The zero-order valence-corrected chi connectivity index (χ0v) is 14.3. The molecule has 2 aromatic heterocycles. The van der Waals surface area contributed by atoms with Crippen molar-refractivity contribution < 1.29 is 9.53 Å². The molecule has 1 unspecified atom stereocenters. The highest BCUT2D eigenvalue weighted by Gasteiger charge is 2.34. The molecule has 0 amide bonds. The molecule has 1 atom stereocenters. The maximum atomic E-state index is 12.0. The molecule has 2 heterocycles. The second-order valence-electron chi connectivity index (χ2n) is 5.26. The first-order valence-electron chi connectivity index (χ1n) is 6.88. The monoisotopic (exact) mass is 324 g/mol. The number of nitrogens with one attached hydrogen (secondary N) is 1. The number of hydrogen-bond donors (Lipinski definition) is 1. The molecule has 0 aliphatic rings. The van der Waals surface area contributed by atoms with E-state index in [1.54, 1.807) is 11.3 Å². The van der Waals surface area contributed by atoms with Gasteiger partial charge in [-0.2, -0.15) is 0 Å². The zero-order valence-electron chi connectivity index (χ0n) is 12.7. The smallest absolute Gasteiger partial charge is 0.317 e. The van der Waals surface area contributed by atoms with Gasteiger partial charge in [-0.25, -0.2) is 4.98 Å². The van der Waals surface area contributed by atoms with Crippen molar-refractivity contribution in [2.45, 2.75) is 39.2 Å². The second-order valence-corrected chi connectivity index (χ2v) is 7.10. The van der Waals surface area contributed by atoms with E-state index in [0.29, 0.717) is 6.61 Å². The van der Waals surface area contributed by atoms with Gasteiger partial charge in [0, 0.05) is 10.3 Å². The van der Waals surface area contributed by atoms with Crippen LogP contribution in [0.5, 0.6) is 0 Å². The Balaban J connectivity index is 2.09. The van der Waals surface area contributed by atoms with Crippen LogP contribution in [0, 0.1) is 0 Å². The topological polar surface area (TPSA) is 51.2 Å². The van der Waals surface area contributed by atoms with E-state index in [4.69, 9.17) is 4.74 Å². The van der Waals surface area contributed by atoms with Crippen LogP contribution in [0.2, 0.25) is 0 Å². The number of nitrogens with zero attached hydrogens (tertiary/aromatic N) is 1. The lowest BCUT2D eigenvalue weighted by Gasteiger charge is -2.19. The van der Waals surface area contributed by atoms with Crippen LogP contribution in [0.1, 0.15) is 44.3 Å². The lowest BCUT2D eigenvalue weighted by atomic mass is 9.90. The van der Waals surface area contributed by atoms with Gasteiger partial charge in [-0.1, -0.05) is 6.07 Å². The van der Waals surface area contributed by atoms with E-state index < -0.39 is 5.41 Å². The summed E-state index contributed by atoms with van der Waals surface area (Å²) in [5, 5.41) is 8.17. The minimum atomic E-state index is -0.724. The van der Waals surface area contributed by atoms with E-state index in [0.717, 1.165) is 10.8 Å². The molecular weight excluding hydrogens is 304 g/mol. The molecule has 0 saturated heterocycles. The fourth-order valence-corrected chi connectivity index (χ4v) is 3.54. The van der Waals surface area contributed by atoms with Gasteiger partial charge in [-0.15, -0.1) is 22.7 Å². The van der Waals surface area contributed by atoms with E-state index in [1.807, 2.05) is 32.2 Å². The normalized spacial score (nSPS) is 13.0. The number of carbonyl (C=O) groups excluding carboxylic acids is 1. The number of hydrogen-bond acceptors (Lipinski definition) is 6. The first-order valence-corrected chi connectivity index (χ1v) is 8.64. The number of rotatable bonds is 6. The molecule has 0 fully saturated rings. The Labute approximate surface area is 133 Å². The molecule has 4 nitrogen and oxygen atoms in total. The van der Waals surface area contributed by atoms with Crippen molar-refractivity contribution in [1.29, 1.82) is 0 Å². The molecule has 0 saturated carbocycles. The summed E-state index contributed by atoms with van der Waals surface area (Å²) in [5.41, 5.74) is 0.0188. The third-order valence-electron chi connectivity index (χ3n) is 3.24. The van der Waals surface area contributed by atoms with Gasteiger partial charge in [0.1, 0.15) is 5.41 Å². The zero-order chi connectivity index (χ0) is 15.5. The number of aromatic nitrogens is 1. The summed E-state index contributed by atoms with van der Waals surface area (Å²) in [6.45, 7) is 7.97. The molecule has 6 heteroatoms. The number of anilines is 1. The quantitative estimate of drug-likeness (QED) is 0.808. The molecule has 0 aliphatic heterocycles. The highest BCUT2D eigenvalue weighted by atomic mass is 32.1. The average Bonchev–Trinajstić information content (AvgIpc) is 3.10. The fourth-order valence-electron chi connectivity index (χ4n) is 1.84. The van der Waals surface area contributed by atoms with Gasteiger partial charge < -0.3 is 10.1 Å². The third kappa shape index (κ3) is 3.63. The van der Waals surface area contributed by atoms with E-state index in [2.05, 4.69) is 28.7 Å². The van der Waals surface area contributed by atoms with Crippen molar-refractivity contribution in [3.8, 4) is 0 Å². The standard InChI is InChI=1S/C15H20N2O2S2/c1-5-19-13(18)15(3,4)12-9-21-14(17-12)16-10(2)11-7-6-8-20-11/h6-10H,5H2,1-4H3,(H,16,17). The molecule has 21 heavy (non-hydrogen) atoms. The summed E-state index contributed by atoms with van der Waals surface area (Å²) in [7, 11) is 0. The van der Waals surface area contributed by atoms with Gasteiger partial charge in [0.05, 0.1) is 18.3 Å². The molecule has 2 aromatic rings. The van der Waals surface area contributed by atoms with Crippen LogP contribution < -0.4 is 5.32 Å². The van der Waals surface area contributed by atoms with Crippen molar-refractivity contribution in [3.63, 3.8) is 0 Å². The Morgan fingerprint density at radius 3 is 2.86 bits per heavy atom. The average molecular weight is 324 g/mol. The highest BCUT2D eigenvalue weighted by Crippen LogP contribution is 2.30.